The number of aromatic nitrogens is 3. The Kier molecular flexibility index (Phi) is 11.3. The van der Waals surface area contributed by atoms with E-state index in [2.05, 4.69) is 38.9 Å². The lowest BCUT2D eigenvalue weighted by Crippen LogP contribution is -2.33. The number of hydrogen-bond acceptors (Lipinski definition) is 7. The molecule has 206 valence electrons. The Balaban J connectivity index is 1.65. The highest BCUT2D eigenvalue weighted by Crippen LogP contribution is 2.21. The first-order valence-electron chi connectivity index (χ1n) is 13.4. The topological polar surface area (TPSA) is 118 Å². The van der Waals surface area contributed by atoms with E-state index in [1.165, 1.54) is 0 Å². The number of carbonyl (C=O) groups excluding carboxylic acids is 1. The van der Waals surface area contributed by atoms with Gasteiger partial charge in [0.1, 0.15) is 11.9 Å². The molecule has 1 aromatic heterocycles. The highest BCUT2D eigenvalue weighted by molar-refractivity contribution is 7.89. The Morgan fingerprint density at radius 2 is 1.89 bits per heavy atom. The van der Waals surface area contributed by atoms with E-state index in [0.717, 1.165) is 50.9 Å². The van der Waals surface area contributed by atoms with E-state index < -0.39 is 22.2 Å². The molecule has 1 saturated carbocycles. The van der Waals surface area contributed by atoms with Crippen molar-refractivity contribution in [2.24, 2.45) is 7.05 Å². The molecule has 0 unspecified atom stereocenters. The third-order valence-electron chi connectivity index (χ3n) is 6.82. The first-order valence-corrected chi connectivity index (χ1v) is 15.1. The number of hydrogen-bond donors (Lipinski definition) is 2. The monoisotopic (exact) mass is 534 g/mol. The van der Waals surface area contributed by atoms with Crippen LogP contribution in [0.15, 0.2) is 30.3 Å². The molecule has 0 radical (unpaired) electrons. The maximum Gasteiger partial charge on any atom is 0.407 e. The van der Waals surface area contributed by atoms with Crippen LogP contribution in [0.2, 0.25) is 0 Å². The zero-order chi connectivity index (χ0) is 26.7. The van der Waals surface area contributed by atoms with E-state index in [1.54, 1.807) is 11.7 Å². The summed E-state index contributed by atoms with van der Waals surface area (Å²) in [6, 6.07) is 9.35. The summed E-state index contributed by atoms with van der Waals surface area (Å²) in [6.07, 6.45) is 5.23. The van der Waals surface area contributed by atoms with Crippen molar-refractivity contribution in [3.05, 3.63) is 47.5 Å². The van der Waals surface area contributed by atoms with Gasteiger partial charge in [-0.1, -0.05) is 44.2 Å². The minimum Gasteiger partial charge on any atom is -0.446 e. The number of alkyl carbamates (subject to hydrolysis) is 1. The van der Waals surface area contributed by atoms with Crippen LogP contribution in [0.3, 0.4) is 0 Å². The van der Waals surface area contributed by atoms with Gasteiger partial charge in [-0.25, -0.2) is 22.9 Å². The summed E-state index contributed by atoms with van der Waals surface area (Å²) < 4.78 is 35.9. The Bertz CT molecular complexity index is 1070. The molecule has 2 N–H and O–H groups in total. The zero-order valence-corrected chi connectivity index (χ0v) is 23.2. The maximum atomic E-state index is 13.0. The van der Waals surface area contributed by atoms with Gasteiger partial charge in [0.05, 0.1) is 18.3 Å². The first kappa shape index (κ1) is 29.1. The number of ether oxygens (including phenoxy) is 1. The van der Waals surface area contributed by atoms with Gasteiger partial charge in [0.25, 0.3) is 0 Å². The number of aryl methyl sites for hydroxylation is 2. The summed E-state index contributed by atoms with van der Waals surface area (Å²) in [5.41, 5.74) is 1.11. The van der Waals surface area contributed by atoms with Gasteiger partial charge >= 0.3 is 6.09 Å². The van der Waals surface area contributed by atoms with Crippen molar-refractivity contribution in [1.29, 1.82) is 0 Å². The molecule has 11 heteroatoms. The number of nitrogens with one attached hydrogen (secondary N) is 2. The van der Waals surface area contributed by atoms with Gasteiger partial charge in [-0.2, -0.15) is 5.10 Å². The summed E-state index contributed by atoms with van der Waals surface area (Å²) in [6.45, 7) is 6.82. The smallest absolute Gasteiger partial charge is 0.407 e. The van der Waals surface area contributed by atoms with Crippen LogP contribution in [0.1, 0.15) is 75.6 Å². The predicted octanol–water partition coefficient (Wildman–Crippen LogP) is 3.31. The van der Waals surface area contributed by atoms with Crippen molar-refractivity contribution >= 4 is 16.1 Å². The summed E-state index contributed by atoms with van der Waals surface area (Å²) in [4.78, 5) is 19.0. The van der Waals surface area contributed by atoms with E-state index in [0.29, 0.717) is 30.9 Å². The lowest BCUT2D eigenvalue weighted by atomic mass is 10.1. The van der Waals surface area contributed by atoms with Crippen LogP contribution in [0.5, 0.6) is 0 Å². The molecule has 3 rings (SSSR count). The molecule has 0 saturated heterocycles. The second-order valence-corrected chi connectivity index (χ2v) is 11.4. The van der Waals surface area contributed by atoms with Crippen LogP contribution in [0.4, 0.5) is 4.79 Å². The quantitative estimate of drug-likeness (QED) is 0.360. The van der Waals surface area contributed by atoms with E-state index in [1.807, 2.05) is 30.3 Å². The molecule has 1 amide bonds. The first-order chi connectivity index (χ1) is 17.8. The van der Waals surface area contributed by atoms with Gasteiger partial charge in [-0.15, -0.1) is 0 Å². The number of benzene rings is 1. The Morgan fingerprint density at radius 3 is 2.57 bits per heavy atom. The van der Waals surface area contributed by atoms with Crippen molar-refractivity contribution in [3.63, 3.8) is 0 Å². The summed E-state index contributed by atoms with van der Waals surface area (Å²) in [7, 11) is -1.81. The van der Waals surface area contributed by atoms with Gasteiger partial charge in [0, 0.05) is 7.05 Å². The molecule has 1 aliphatic rings. The third-order valence-corrected chi connectivity index (χ3v) is 8.29. The summed E-state index contributed by atoms with van der Waals surface area (Å²) in [5, 5.41) is 7.25. The predicted molar refractivity (Wildman–Crippen MR) is 143 cm³/mol. The van der Waals surface area contributed by atoms with Crippen LogP contribution in [0.25, 0.3) is 0 Å². The molecule has 0 bridgehead atoms. The van der Waals surface area contributed by atoms with Crippen LogP contribution >= 0.6 is 0 Å². The Morgan fingerprint density at radius 1 is 1.19 bits per heavy atom. The fourth-order valence-electron chi connectivity index (χ4n) is 4.58. The van der Waals surface area contributed by atoms with Crippen LogP contribution in [-0.4, -0.2) is 65.7 Å². The number of nitrogens with zero attached hydrogens (tertiary/aromatic N) is 4. The second-order valence-electron chi connectivity index (χ2n) is 9.57. The van der Waals surface area contributed by atoms with E-state index >= 15 is 0 Å². The number of carbonyl (C=O) groups is 1. The minimum atomic E-state index is -3.54. The van der Waals surface area contributed by atoms with Crippen molar-refractivity contribution in [1.82, 2.24) is 29.7 Å². The zero-order valence-electron chi connectivity index (χ0n) is 22.4. The molecular weight excluding hydrogens is 492 g/mol. The second kappa shape index (κ2) is 14.4. The van der Waals surface area contributed by atoms with E-state index in [4.69, 9.17) is 4.74 Å². The average Bonchev–Trinajstić information content (AvgIpc) is 3.53. The van der Waals surface area contributed by atoms with Crippen molar-refractivity contribution in [3.8, 4) is 0 Å². The molecular formula is C26H42N6O4S. The fraction of sp³-hybridized carbons (Fsp3) is 0.654. The number of rotatable bonds is 15. The van der Waals surface area contributed by atoms with Crippen molar-refractivity contribution in [2.45, 2.75) is 77.5 Å². The molecule has 2 aromatic rings. The molecule has 1 aliphatic carbocycles. The van der Waals surface area contributed by atoms with Crippen LogP contribution in [-0.2, 0) is 34.8 Å². The van der Waals surface area contributed by atoms with Crippen molar-refractivity contribution < 1.29 is 17.9 Å². The molecule has 1 heterocycles. The molecule has 0 spiro atoms. The molecule has 10 nitrogen and oxygen atoms in total. The lowest BCUT2D eigenvalue weighted by Gasteiger charge is -2.19. The summed E-state index contributed by atoms with van der Waals surface area (Å²) >= 11 is 0. The number of sulfonamides is 1. The fourth-order valence-corrected chi connectivity index (χ4v) is 5.86. The Hall–Kier alpha value is -2.50. The molecule has 1 fully saturated rings. The van der Waals surface area contributed by atoms with Crippen LogP contribution < -0.4 is 10.0 Å². The van der Waals surface area contributed by atoms with Crippen molar-refractivity contribution in [2.75, 3.05) is 25.4 Å². The van der Waals surface area contributed by atoms with Gasteiger partial charge in [-0.3, -0.25) is 4.68 Å². The highest BCUT2D eigenvalue weighted by atomic mass is 32.2. The summed E-state index contributed by atoms with van der Waals surface area (Å²) in [5.74, 6) is 0.968. The standard InChI is InChI=1S/C26H42N6O4S/c1-4-32(5-2)18-11-19-37(34,35)30-23(17-16-21-12-7-6-8-13-21)25-28-24(31(3)29-25)20-27-26(33)36-22-14-9-10-15-22/h6-8,12-13,22-23,30H,4-5,9-11,14-20H2,1-3H3,(H,27,33)/t23-/m1/s1. The normalized spacial score (nSPS) is 15.2. The Labute approximate surface area is 221 Å². The lowest BCUT2D eigenvalue weighted by molar-refractivity contribution is 0.100. The van der Waals surface area contributed by atoms with E-state index in [9.17, 15) is 13.2 Å². The van der Waals surface area contributed by atoms with Gasteiger partial charge in [-0.05, 0) is 70.1 Å². The third kappa shape index (κ3) is 9.71. The van der Waals surface area contributed by atoms with E-state index in [-0.39, 0.29) is 18.4 Å². The van der Waals surface area contributed by atoms with Gasteiger partial charge in [0.15, 0.2) is 5.82 Å². The van der Waals surface area contributed by atoms with Gasteiger partial charge < -0.3 is 15.0 Å². The largest absolute Gasteiger partial charge is 0.446 e. The number of amides is 1. The highest BCUT2D eigenvalue weighted by Gasteiger charge is 2.25. The van der Waals surface area contributed by atoms with Crippen LogP contribution in [0, 0.1) is 0 Å². The maximum absolute atomic E-state index is 13.0. The molecule has 37 heavy (non-hydrogen) atoms. The molecule has 1 atom stereocenters. The SMILES string of the molecule is CCN(CC)CCCS(=O)(=O)N[C@H](CCc1ccccc1)c1nc(CNC(=O)OC2CCCC2)n(C)n1. The molecule has 1 aromatic carbocycles. The molecule has 0 aliphatic heterocycles. The average molecular weight is 535 g/mol. The minimum absolute atomic E-state index is 0.0198. The van der Waals surface area contributed by atoms with Gasteiger partial charge in [0.2, 0.25) is 10.0 Å².